The van der Waals surface area contributed by atoms with Crippen molar-refractivity contribution in [3.8, 4) is 23.0 Å². The van der Waals surface area contributed by atoms with Gasteiger partial charge in [0, 0.05) is 0 Å². The zero-order chi connectivity index (χ0) is 33.8. The third kappa shape index (κ3) is 9.50. The number of hydrogen-bond donors (Lipinski definition) is 0. The molecular weight excluding hydrogens is 692 g/mol. The summed E-state index contributed by atoms with van der Waals surface area (Å²) in [7, 11) is -15.4. The van der Waals surface area contributed by atoms with E-state index in [0.717, 1.165) is 0 Å². The molecule has 1 aliphatic heterocycles. The molecule has 5 rings (SSSR count). The Morgan fingerprint density at radius 2 is 0.521 bits per heavy atom. The predicted octanol–water partition coefficient (Wildman–Crippen LogP) is 12.2. The minimum atomic E-state index is -3.85. The van der Waals surface area contributed by atoms with E-state index in [2.05, 4.69) is 0 Å². The highest BCUT2D eigenvalue weighted by Gasteiger charge is 2.46. The zero-order valence-electron chi connectivity index (χ0n) is 27.2. The molecule has 12 nitrogen and oxygen atoms in total. The minimum Gasteiger partial charge on any atom is -0.422 e. The second-order valence-corrected chi connectivity index (χ2v) is 18.2. The van der Waals surface area contributed by atoms with Gasteiger partial charge in [0.15, 0.2) is 0 Å². The fraction of sp³-hybridized carbons (Fsp3) is 0.250. The van der Waals surface area contributed by atoms with Crippen molar-refractivity contribution in [3.63, 3.8) is 0 Å². The Morgan fingerprint density at radius 3 is 0.688 bits per heavy atom. The van der Waals surface area contributed by atoms with Gasteiger partial charge in [0.1, 0.15) is 23.0 Å². The molecule has 0 amide bonds. The van der Waals surface area contributed by atoms with E-state index in [1.807, 2.05) is 100 Å². The van der Waals surface area contributed by atoms with E-state index in [1.165, 1.54) is 0 Å². The summed E-state index contributed by atoms with van der Waals surface area (Å²) in [6.07, 6.45) is 0. The Labute approximate surface area is 282 Å². The first-order valence-electron chi connectivity index (χ1n) is 15.5. The highest BCUT2D eigenvalue weighted by atomic mass is 31.3. The van der Waals surface area contributed by atoms with E-state index in [4.69, 9.17) is 54.3 Å². The molecule has 0 fully saturated rings. The number of nitrogens with zero attached hydrogens (tertiary/aromatic N) is 4. The molecule has 0 N–H and O–H groups in total. The molecule has 0 unspecified atom stereocenters. The van der Waals surface area contributed by atoms with Crippen LogP contribution in [0.5, 0.6) is 23.0 Å². The van der Waals surface area contributed by atoms with Crippen molar-refractivity contribution in [2.24, 2.45) is 18.1 Å². The van der Waals surface area contributed by atoms with Gasteiger partial charge in [-0.3, -0.25) is 18.1 Å². The number of rotatable bonds is 16. The monoisotopic (exact) mass is 732 g/mol. The standard InChI is InChI=1S/C32H40N4O8P4/c1-5-37-45(41-29-21-13-9-14-22-29)33-46(38-6-2,42-30-23-15-10-16-24-30)35-48(40-8-4,44-32-27-19-12-20-28-32)36-47(34-45,39-7-3)43-31-25-17-11-18-26-31/h9-28H,5-8H2,1-4H3. The van der Waals surface area contributed by atoms with Crippen LogP contribution in [0.2, 0.25) is 0 Å². The Balaban J connectivity index is 1.93. The van der Waals surface area contributed by atoms with Crippen molar-refractivity contribution >= 4 is 30.6 Å². The maximum absolute atomic E-state index is 6.65. The van der Waals surface area contributed by atoms with Crippen LogP contribution in [0.15, 0.2) is 139 Å². The summed E-state index contributed by atoms with van der Waals surface area (Å²) in [5, 5.41) is 0. The van der Waals surface area contributed by atoms with Gasteiger partial charge in [0.05, 0.1) is 26.4 Å². The van der Waals surface area contributed by atoms with E-state index in [9.17, 15) is 0 Å². The van der Waals surface area contributed by atoms with Crippen LogP contribution in [0.1, 0.15) is 27.7 Å². The molecule has 0 saturated heterocycles. The van der Waals surface area contributed by atoms with Crippen molar-refractivity contribution in [2.45, 2.75) is 27.7 Å². The van der Waals surface area contributed by atoms with E-state index in [0.29, 0.717) is 23.0 Å². The third-order valence-electron chi connectivity index (χ3n) is 5.96. The molecule has 4 aromatic carbocycles. The average Bonchev–Trinajstić information content (AvgIpc) is 3.06. The molecule has 0 saturated carbocycles. The molecule has 0 radical (unpaired) electrons. The molecule has 16 heteroatoms. The maximum atomic E-state index is 6.65. The van der Waals surface area contributed by atoms with E-state index < -0.39 is 30.6 Å². The lowest BCUT2D eigenvalue weighted by Crippen LogP contribution is -2.08. The van der Waals surface area contributed by atoms with Gasteiger partial charge in [0.2, 0.25) is 0 Å². The fourth-order valence-electron chi connectivity index (χ4n) is 4.25. The van der Waals surface area contributed by atoms with Crippen LogP contribution in [0.25, 0.3) is 0 Å². The lowest BCUT2D eigenvalue weighted by molar-refractivity contribution is 0.301. The van der Waals surface area contributed by atoms with Crippen molar-refractivity contribution in [1.29, 1.82) is 0 Å². The van der Waals surface area contributed by atoms with Crippen LogP contribution in [-0.2, 0) is 18.1 Å². The lowest BCUT2D eigenvalue weighted by atomic mass is 10.3. The topological polar surface area (TPSA) is 123 Å². The Hall–Kier alpha value is -3.16. The molecule has 1 heterocycles. The van der Waals surface area contributed by atoms with Gasteiger partial charge >= 0.3 is 30.6 Å². The fourth-order valence-corrected chi connectivity index (χ4v) is 16.6. The highest BCUT2D eigenvalue weighted by molar-refractivity contribution is 7.79. The molecule has 256 valence electrons. The van der Waals surface area contributed by atoms with Crippen molar-refractivity contribution < 1.29 is 36.2 Å². The first kappa shape index (κ1) is 36.1. The van der Waals surface area contributed by atoms with Gasteiger partial charge in [-0.1, -0.05) is 72.8 Å². The molecule has 0 atom stereocenters. The van der Waals surface area contributed by atoms with Gasteiger partial charge in [-0.2, -0.15) is 0 Å². The van der Waals surface area contributed by atoms with Crippen LogP contribution in [0.4, 0.5) is 0 Å². The van der Waals surface area contributed by atoms with E-state index in [1.54, 1.807) is 48.5 Å². The minimum absolute atomic E-state index is 0.162. The van der Waals surface area contributed by atoms with Gasteiger partial charge < -0.3 is 18.1 Å². The summed E-state index contributed by atoms with van der Waals surface area (Å²) < 4.78 is 73.1. The molecule has 0 bridgehead atoms. The number of benzene rings is 4. The highest BCUT2D eigenvalue weighted by Crippen LogP contribution is 2.80. The van der Waals surface area contributed by atoms with Gasteiger partial charge in [-0.25, -0.2) is 0 Å². The quantitative estimate of drug-likeness (QED) is 0.104. The normalized spacial score (nSPS) is 25.1. The Bertz CT molecular complexity index is 1540. The van der Waals surface area contributed by atoms with Gasteiger partial charge in [-0.15, -0.1) is 18.1 Å². The number of para-hydroxylation sites is 4. The summed E-state index contributed by atoms with van der Waals surface area (Å²) in [6.45, 7) is 7.93. The molecule has 48 heavy (non-hydrogen) atoms. The van der Waals surface area contributed by atoms with Crippen LogP contribution >= 0.6 is 30.6 Å². The van der Waals surface area contributed by atoms with Crippen LogP contribution in [0.3, 0.4) is 0 Å². The summed E-state index contributed by atoms with van der Waals surface area (Å²) in [5.74, 6) is 1.79. The van der Waals surface area contributed by atoms with Crippen molar-refractivity contribution in [1.82, 2.24) is 0 Å². The molecule has 0 aliphatic carbocycles. The van der Waals surface area contributed by atoms with E-state index in [-0.39, 0.29) is 26.4 Å². The molecule has 1 aliphatic rings. The zero-order valence-corrected chi connectivity index (χ0v) is 30.8. The van der Waals surface area contributed by atoms with Crippen LogP contribution in [0, 0.1) is 0 Å². The third-order valence-corrected chi connectivity index (χ3v) is 17.4. The Morgan fingerprint density at radius 1 is 0.333 bits per heavy atom. The first-order valence-corrected chi connectivity index (χ1v) is 21.6. The molecule has 4 aromatic rings. The first-order chi connectivity index (χ1) is 23.4. The second kappa shape index (κ2) is 17.0. The van der Waals surface area contributed by atoms with E-state index >= 15 is 0 Å². The average molecular weight is 733 g/mol. The van der Waals surface area contributed by atoms with Gasteiger partial charge in [0.25, 0.3) is 0 Å². The summed E-state index contributed by atoms with van der Waals surface area (Å²) in [6, 6.07) is 36.5. The second-order valence-electron chi connectivity index (χ2n) is 9.61. The summed E-state index contributed by atoms with van der Waals surface area (Å²) in [5.41, 5.74) is 0. The van der Waals surface area contributed by atoms with Crippen LogP contribution < -0.4 is 18.1 Å². The SMILES string of the molecule is CCOP1(Oc2ccccc2)=NP(OCC)(Oc2ccccc2)=NP(OCC)(Oc2ccccc2)=NP(OCC)(Oc2ccccc2)=N1. The smallest absolute Gasteiger partial charge is 0.404 e. The molecular formula is C32H40N4O8P4. The molecule has 0 spiro atoms. The van der Waals surface area contributed by atoms with Gasteiger partial charge in [-0.05, 0) is 76.2 Å². The largest absolute Gasteiger partial charge is 0.422 e. The van der Waals surface area contributed by atoms with Crippen molar-refractivity contribution in [3.05, 3.63) is 121 Å². The molecule has 0 aromatic heterocycles. The predicted molar refractivity (Wildman–Crippen MR) is 192 cm³/mol. The summed E-state index contributed by atoms with van der Waals surface area (Å²) in [4.78, 5) is 0. The van der Waals surface area contributed by atoms with Crippen LogP contribution in [-0.4, -0.2) is 26.4 Å². The lowest BCUT2D eigenvalue weighted by Gasteiger charge is -2.32. The Kier molecular flexibility index (Phi) is 12.8. The maximum Gasteiger partial charge on any atom is 0.404 e. The van der Waals surface area contributed by atoms with Crippen molar-refractivity contribution in [2.75, 3.05) is 26.4 Å². The summed E-state index contributed by atoms with van der Waals surface area (Å²) >= 11 is 0. The number of hydrogen-bond acceptors (Lipinski definition) is 12.